The van der Waals surface area contributed by atoms with Gasteiger partial charge in [-0.05, 0) is 68.1 Å². The normalized spacial score (nSPS) is 15.5. The van der Waals surface area contributed by atoms with Crippen molar-refractivity contribution in [3.05, 3.63) is 64.2 Å². The van der Waals surface area contributed by atoms with Gasteiger partial charge >= 0.3 is 0 Å². The van der Waals surface area contributed by atoms with Crippen molar-refractivity contribution in [1.29, 1.82) is 0 Å². The van der Waals surface area contributed by atoms with Gasteiger partial charge in [0.2, 0.25) is 15.9 Å². The van der Waals surface area contributed by atoms with Crippen LogP contribution < -0.4 is 9.62 Å². The van der Waals surface area contributed by atoms with E-state index in [1.54, 1.807) is 25.1 Å². The highest BCUT2D eigenvalue weighted by Crippen LogP contribution is 2.27. The Morgan fingerprint density at radius 1 is 1.16 bits per heavy atom. The molecule has 1 N–H and O–H groups in total. The summed E-state index contributed by atoms with van der Waals surface area (Å²) in [5.74, 6) is -0.328. The van der Waals surface area contributed by atoms with Crippen molar-refractivity contribution in [2.45, 2.75) is 52.2 Å². The fourth-order valence-electron chi connectivity index (χ4n) is 4.15. The second-order valence-corrected chi connectivity index (χ2v) is 10.7. The van der Waals surface area contributed by atoms with Crippen LogP contribution in [0.5, 0.6) is 0 Å². The minimum Gasteiger partial charge on any atom is -0.350 e. The predicted molar refractivity (Wildman–Crippen MR) is 130 cm³/mol. The van der Waals surface area contributed by atoms with E-state index in [4.69, 9.17) is 11.6 Å². The van der Waals surface area contributed by atoms with E-state index in [-0.39, 0.29) is 5.91 Å². The molecule has 0 aromatic heterocycles. The van der Waals surface area contributed by atoms with Crippen LogP contribution in [-0.2, 0) is 27.9 Å². The number of nitrogens with one attached hydrogen (secondary N) is 1. The van der Waals surface area contributed by atoms with Gasteiger partial charge in [0.05, 0.1) is 11.9 Å². The zero-order valence-electron chi connectivity index (χ0n) is 19.0. The molecule has 0 bridgehead atoms. The Kier molecular flexibility index (Phi) is 8.20. The molecule has 174 valence electrons. The lowest BCUT2D eigenvalue weighted by Crippen LogP contribution is -2.49. The number of aryl methyl sites for hydroxylation is 1. The van der Waals surface area contributed by atoms with E-state index in [0.29, 0.717) is 23.7 Å². The highest BCUT2D eigenvalue weighted by atomic mass is 35.5. The topological polar surface area (TPSA) is 69.7 Å². The summed E-state index contributed by atoms with van der Waals surface area (Å²) in [7, 11) is -3.70. The molecule has 1 atom stereocenters. The summed E-state index contributed by atoms with van der Waals surface area (Å²) in [4.78, 5) is 15.6. The van der Waals surface area contributed by atoms with Crippen LogP contribution in [0.4, 0.5) is 5.69 Å². The van der Waals surface area contributed by atoms with Crippen LogP contribution in [0.3, 0.4) is 0 Å². The summed E-state index contributed by atoms with van der Waals surface area (Å²) in [5, 5.41) is 3.43. The van der Waals surface area contributed by atoms with E-state index in [9.17, 15) is 13.2 Å². The standard InChI is InChI=1S/C24H32ClN3O3S/c1-4-23(28(32(3,30)31)21-12-11-18(2)22(25)15-21)24(29)26-16-19-9-5-6-10-20(19)17-27-13-7-8-14-27/h5-6,9-12,15,23H,4,7-8,13-14,16-17H2,1-3H3,(H,26,29)/t23-/m0/s1. The first kappa shape index (κ1) is 24.6. The van der Waals surface area contributed by atoms with Crippen molar-refractivity contribution in [1.82, 2.24) is 10.2 Å². The van der Waals surface area contributed by atoms with Crippen molar-refractivity contribution in [3.8, 4) is 0 Å². The Bertz CT molecular complexity index is 1050. The largest absolute Gasteiger partial charge is 0.350 e. The van der Waals surface area contributed by atoms with E-state index in [2.05, 4.69) is 16.3 Å². The maximum absolute atomic E-state index is 13.2. The van der Waals surface area contributed by atoms with Crippen molar-refractivity contribution >= 4 is 33.2 Å². The van der Waals surface area contributed by atoms with E-state index in [0.717, 1.165) is 37.0 Å². The smallest absolute Gasteiger partial charge is 0.244 e. The number of rotatable bonds is 9. The molecular weight excluding hydrogens is 446 g/mol. The number of amides is 1. The number of nitrogens with zero attached hydrogens (tertiary/aromatic N) is 2. The number of benzene rings is 2. The molecular formula is C24H32ClN3O3S. The van der Waals surface area contributed by atoms with Crippen LogP contribution >= 0.6 is 11.6 Å². The lowest BCUT2D eigenvalue weighted by atomic mass is 10.1. The number of halogens is 1. The Morgan fingerprint density at radius 3 is 2.41 bits per heavy atom. The zero-order valence-corrected chi connectivity index (χ0v) is 20.5. The molecule has 2 aromatic carbocycles. The zero-order chi connectivity index (χ0) is 23.3. The molecule has 0 unspecified atom stereocenters. The first-order valence-electron chi connectivity index (χ1n) is 11.0. The van der Waals surface area contributed by atoms with Crippen LogP contribution in [0.2, 0.25) is 5.02 Å². The van der Waals surface area contributed by atoms with E-state index in [1.807, 2.05) is 25.1 Å². The molecule has 6 nitrogen and oxygen atoms in total. The van der Waals surface area contributed by atoms with Crippen molar-refractivity contribution < 1.29 is 13.2 Å². The molecule has 1 aliphatic rings. The molecule has 32 heavy (non-hydrogen) atoms. The summed E-state index contributed by atoms with van der Waals surface area (Å²) in [6.07, 6.45) is 3.89. The van der Waals surface area contributed by atoms with E-state index < -0.39 is 16.1 Å². The van der Waals surface area contributed by atoms with Crippen LogP contribution in [0.25, 0.3) is 0 Å². The second kappa shape index (κ2) is 10.7. The third kappa shape index (κ3) is 6.03. The van der Waals surface area contributed by atoms with Gasteiger partial charge in [-0.15, -0.1) is 0 Å². The highest BCUT2D eigenvalue weighted by molar-refractivity contribution is 7.92. The third-order valence-electron chi connectivity index (χ3n) is 5.90. The van der Waals surface area contributed by atoms with Gasteiger partial charge in [-0.3, -0.25) is 14.0 Å². The van der Waals surface area contributed by atoms with Gasteiger partial charge < -0.3 is 5.32 Å². The monoisotopic (exact) mass is 477 g/mol. The van der Waals surface area contributed by atoms with Gasteiger partial charge in [-0.2, -0.15) is 0 Å². The molecule has 8 heteroatoms. The third-order valence-corrected chi connectivity index (χ3v) is 7.49. The first-order chi connectivity index (χ1) is 15.2. The molecule has 2 aromatic rings. The molecule has 0 radical (unpaired) electrons. The number of hydrogen-bond acceptors (Lipinski definition) is 4. The predicted octanol–water partition coefficient (Wildman–Crippen LogP) is 4.11. The summed E-state index contributed by atoms with van der Waals surface area (Å²) in [5.41, 5.74) is 3.47. The molecule has 1 aliphatic heterocycles. The fourth-order valence-corrected chi connectivity index (χ4v) is 5.52. The van der Waals surface area contributed by atoms with Gasteiger partial charge in [-0.1, -0.05) is 48.9 Å². The average Bonchev–Trinajstić information content (AvgIpc) is 3.25. The quantitative estimate of drug-likeness (QED) is 0.590. The lowest BCUT2D eigenvalue weighted by molar-refractivity contribution is -0.122. The fraction of sp³-hybridized carbons (Fsp3) is 0.458. The maximum atomic E-state index is 13.2. The van der Waals surface area contributed by atoms with Crippen molar-refractivity contribution in [3.63, 3.8) is 0 Å². The molecule has 1 fully saturated rings. The van der Waals surface area contributed by atoms with Gasteiger partial charge in [0.25, 0.3) is 0 Å². The van der Waals surface area contributed by atoms with Gasteiger partial charge in [0.1, 0.15) is 6.04 Å². The summed E-state index contributed by atoms with van der Waals surface area (Å²) >= 11 is 6.24. The van der Waals surface area contributed by atoms with Gasteiger partial charge in [0, 0.05) is 18.1 Å². The number of anilines is 1. The molecule has 0 spiro atoms. The second-order valence-electron chi connectivity index (χ2n) is 8.39. The van der Waals surface area contributed by atoms with Crippen LogP contribution in [0.1, 0.15) is 42.9 Å². The molecule has 0 aliphatic carbocycles. The van der Waals surface area contributed by atoms with Crippen LogP contribution in [0.15, 0.2) is 42.5 Å². The molecule has 1 amide bonds. The Hall–Kier alpha value is -2.09. The highest BCUT2D eigenvalue weighted by Gasteiger charge is 2.31. The van der Waals surface area contributed by atoms with Crippen molar-refractivity contribution in [2.75, 3.05) is 23.7 Å². The van der Waals surface area contributed by atoms with Gasteiger partial charge in [0.15, 0.2) is 0 Å². The van der Waals surface area contributed by atoms with Crippen molar-refractivity contribution in [2.24, 2.45) is 0 Å². The summed E-state index contributed by atoms with van der Waals surface area (Å²) in [6.45, 7) is 7.06. The number of sulfonamides is 1. The maximum Gasteiger partial charge on any atom is 0.244 e. The minimum absolute atomic E-state index is 0.328. The molecule has 3 rings (SSSR count). The summed E-state index contributed by atoms with van der Waals surface area (Å²) in [6, 6.07) is 12.3. The number of likely N-dealkylation sites (tertiary alicyclic amines) is 1. The Morgan fingerprint density at radius 2 is 1.81 bits per heavy atom. The first-order valence-corrected chi connectivity index (χ1v) is 13.3. The van der Waals surface area contributed by atoms with E-state index in [1.165, 1.54) is 22.7 Å². The lowest BCUT2D eigenvalue weighted by Gasteiger charge is -2.30. The van der Waals surface area contributed by atoms with Crippen LogP contribution in [0, 0.1) is 6.92 Å². The number of carbonyl (C=O) groups is 1. The molecule has 1 saturated heterocycles. The summed E-state index contributed by atoms with van der Waals surface area (Å²) < 4.78 is 26.5. The minimum atomic E-state index is -3.70. The average molecular weight is 478 g/mol. The molecule has 0 saturated carbocycles. The number of carbonyl (C=O) groups excluding carboxylic acids is 1. The Labute approximate surface area is 196 Å². The van der Waals surface area contributed by atoms with Gasteiger partial charge in [-0.25, -0.2) is 8.42 Å². The SMILES string of the molecule is CC[C@@H](C(=O)NCc1ccccc1CN1CCCC1)N(c1ccc(C)c(Cl)c1)S(C)(=O)=O. The molecule has 1 heterocycles. The Balaban J connectivity index is 1.78. The number of hydrogen-bond donors (Lipinski definition) is 1. The van der Waals surface area contributed by atoms with Crippen LogP contribution in [-0.4, -0.2) is 44.6 Å². The van der Waals surface area contributed by atoms with E-state index >= 15 is 0 Å².